The molecule has 7 heteroatoms. The van der Waals surface area contributed by atoms with Crippen LogP contribution in [0.25, 0.3) is 5.69 Å². The maximum absolute atomic E-state index is 12.3. The number of aryl methyl sites for hydroxylation is 2. The monoisotopic (exact) mass is 419 g/mol. The molecule has 0 unspecified atom stereocenters. The maximum atomic E-state index is 12.3. The van der Waals surface area contributed by atoms with E-state index in [-0.39, 0.29) is 5.78 Å². The summed E-state index contributed by atoms with van der Waals surface area (Å²) in [4.78, 5) is 36.4. The van der Waals surface area contributed by atoms with Gasteiger partial charge in [-0.15, -0.1) is 0 Å². The number of Topliss-reactive ketones (excluding diaryl/α,β-unsaturated/α-hetero) is 1. The van der Waals surface area contributed by atoms with Gasteiger partial charge in [0, 0.05) is 5.69 Å². The Balaban J connectivity index is 1.55. The summed E-state index contributed by atoms with van der Waals surface area (Å²) in [6.07, 6.45) is 0.379. The Labute approximate surface area is 181 Å². The summed E-state index contributed by atoms with van der Waals surface area (Å²) >= 11 is 0. The number of amides is 1. The van der Waals surface area contributed by atoms with Crippen LogP contribution in [0.5, 0.6) is 0 Å². The highest BCUT2D eigenvalue weighted by molar-refractivity contribution is 5.92. The topological polar surface area (TPSA) is 90.3 Å². The first-order valence-electron chi connectivity index (χ1n) is 9.98. The fourth-order valence-corrected chi connectivity index (χ4v) is 3.23. The molecule has 7 nitrogen and oxygen atoms in total. The minimum absolute atomic E-state index is 0.164. The number of nitrogens with zero attached hydrogens (tertiary/aromatic N) is 2. The molecule has 3 rings (SSSR count). The third kappa shape index (κ3) is 5.88. The summed E-state index contributed by atoms with van der Waals surface area (Å²) in [5.74, 6) is -1.30. The van der Waals surface area contributed by atoms with Gasteiger partial charge in [-0.1, -0.05) is 30.3 Å². The zero-order chi connectivity index (χ0) is 22.4. The third-order valence-corrected chi connectivity index (χ3v) is 4.80. The first-order chi connectivity index (χ1) is 14.8. The van der Waals surface area contributed by atoms with E-state index in [0.717, 1.165) is 22.6 Å². The van der Waals surface area contributed by atoms with Crippen LogP contribution in [0, 0.1) is 13.8 Å². The first-order valence-corrected chi connectivity index (χ1v) is 9.98. The van der Waals surface area contributed by atoms with Crippen LogP contribution in [0.3, 0.4) is 0 Å². The molecule has 2 aromatic carbocycles. The van der Waals surface area contributed by atoms with E-state index in [1.54, 1.807) is 28.9 Å². The fraction of sp³-hybridized carbons (Fsp3) is 0.250. The van der Waals surface area contributed by atoms with Gasteiger partial charge in [0.1, 0.15) is 0 Å². The lowest BCUT2D eigenvalue weighted by Gasteiger charge is -2.16. The number of hydrogen-bond donors (Lipinski definition) is 1. The van der Waals surface area contributed by atoms with Gasteiger partial charge in [0.15, 0.2) is 12.4 Å². The number of aromatic nitrogens is 2. The van der Waals surface area contributed by atoms with Crippen molar-refractivity contribution < 1.29 is 19.1 Å². The average Bonchev–Trinajstić information content (AvgIpc) is 3.10. The number of ether oxygens (including phenoxy) is 1. The molecule has 0 saturated carbocycles. The minimum Gasteiger partial charge on any atom is -0.452 e. The van der Waals surface area contributed by atoms with Gasteiger partial charge in [0.2, 0.25) is 0 Å². The molecule has 0 aliphatic rings. The molecule has 1 atom stereocenters. The molecule has 0 spiro atoms. The van der Waals surface area contributed by atoms with Gasteiger partial charge in [0.25, 0.3) is 5.91 Å². The van der Waals surface area contributed by atoms with Crippen molar-refractivity contribution in [2.24, 2.45) is 0 Å². The third-order valence-electron chi connectivity index (χ3n) is 4.80. The maximum Gasteiger partial charge on any atom is 0.338 e. The average molecular weight is 419 g/mol. The standard InChI is InChI=1S/C24H25N3O4/c1-16-13-17(2)27(26-16)21-11-9-20(10-12-21)24(30)31-15-23(29)25-22(18(3)28)14-19-7-5-4-6-8-19/h4-13,22H,14-15H2,1-3H3,(H,25,29)/t22-/m0/s1. The number of carbonyl (C=O) groups is 3. The SMILES string of the molecule is CC(=O)[C@H](Cc1ccccc1)NC(=O)COC(=O)c1ccc(-n2nc(C)cc2C)cc1. The molecule has 0 aliphatic carbocycles. The van der Waals surface area contributed by atoms with Crippen LogP contribution in [0.1, 0.15) is 34.2 Å². The normalized spacial score (nSPS) is 11.6. The Bertz CT molecular complexity index is 1070. The summed E-state index contributed by atoms with van der Waals surface area (Å²) in [6, 6.07) is 17.5. The lowest BCUT2D eigenvalue weighted by atomic mass is 10.0. The van der Waals surface area contributed by atoms with Crippen molar-refractivity contribution in [1.29, 1.82) is 0 Å². The van der Waals surface area contributed by atoms with Gasteiger partial charge in [-0.3, -0.25) is 9.59 Å². The van der Waals surface area contributed by atoms with Gasteiger partial charge < -0.3 is 10.1 Å². The van der Waals surface area contributed by atoms with Gasteiger partial charge in [-0.05, 0) is 63.1 Å². The first kappa shape index (κ1) is 22.0. The minimum atomic E-state index is -0.673. The zero-order valence-electron chi connectivity index (χ0n) is 17.8. The Morgan fingerprint density at radius 2 is 1.71 bits per heavy atom. The molecule has 1 heterocycles. The number of rotatable bonds is 8. The molecule has 0 saturated heterocycles. The Morgan fingerprint density at radius 1 is 1.03 bits per heavy atom. The van der Waals surface area contributed by atoms with Crippen molar-refractivity contribution in [2.45, 2.75) is 33.2 Å². The summed E-state index contributed by atoms with van der Waals surface area (Å²) in [7, 11) is 0. The van der Waals surface area contributed by atoms with E-state index < -0.39 is 24.5 Å². The van der Waals surface area contributed by atoms with E-state index in [0.29, 0.717) is 12.0 Å². The quantitative estimate of drug-likeness (QED) is 0.567. The van der Waals surface area contributed by atoms with Crippen LogP contribution in [0.4, 0.5) is 0 Å². The van der Waals surface area contributed by atoms with Crippen molar-refractivity contribution in [2.75, 3.05) is 6.61 Å². The highest BCUT2D eigenvalue weighted by Gasteiger charge is 2.19. The van der Waals surface area contributed by atoms with Crippen LogP contribution in [0.2, 0.25) is 0 Å². The van der Waals surface area contributed by atoms with Crippen molar-refractivity contribution in [3.63, 3.8) is 0 Å². The Morgan fingerprint density at radius 3 is 2.29 bits per heavy atom. The summed E-state index contributed by atoms with van der Waals surface area (Å²) in [5, 5.41) is 7.04. The van der Waals surface area contributed by atoms with Crippen LogP contribution in [-0.4, -0.2) is 40.1 Å². The number of ketones is 1. The predicted octanol–water partition coefficient (Wildman–Crippen LogP) is 2.96. The van der Waals surface area contributed by atoms with Crippen molar-refractivity contribution in [3.05, 3.63) is 83.2 Å². The van der Waals surface area contributed by atoms with E-state index >= 15 is 0 Å². The van der Waals surface area contributed by atoms with E-state index in [9.17, 15) is 14.4 Å². The van der Waals surface area contributed by atoms with E-state index in [4.69, 9.17) is 4.74 Å². The molecule has 0 bridgehead atoms. The van der Waals surface area contributed by atoms with Gasteiger partial charge in [-0.2, -0.15) is 5.10 Å². The molecule has 0 radical (unpaired) electrons. The van der Waals surface area contributed by atoms with E-state index in [1.165, 1.54) is 6.92 Å². The lowest BCUT2D eigenvalue weighted by Crippen LogP contribution is -2.43. The number of hydrogen-bond acceptors (Lipinski definition) is 5. The van der Waals surface area contributed by atoms with Crippen LogP contribution in [-0.2, 0) is 20.7 Å². The molecule has 0 fully saturated rings. The molecule has 160 valence electrons. The van der Waals surface area contributed by atoms with Crippen molar-refractivity contribution in [1.82, 2.24) is 15.1 Å². The number of benzene rings is 2. The van der Waals surface area contributed by atoms with Gasteiger partial charge in [-0.25, -0.2) is 9.48 Å². The smallest absolute Gasteiger partial charge is 0.338 e. The zero-order valence-corrected chi connectivity index (χ0v) is 17.8. The number of esters is 1. The molecule has 3 aromatic rings. The van der Waals surface area contributed by atoms with Gasteiger partial charge >= 0.3 is 5.97 Å². The summed E-state index contributed by atoms with van der Waals surface area (Å²) in [6.45, 7) is 4.82. The molecular formula is C24H25N3O4. The number of nitrogens with one attached hydrogen (secondary N) is 1. The van der Waals surface area contributed by atoms with E-state index in [2.05, 4.69) is 10.4 Å². The summed E-state index contributed by atoms with van der Waals surface area (Å²) in [5.41, 5.74) is 3.97. The van der Waals surface area contributed by atoms with Crippen molar-refractivity contribution in [3.8, 4) is 5.69 Å². The molecular weight excluding hydrogens is 394 g/mol. The molecule has 1 amide bonds. The Kier molecular flexibility index (Phi) is 6.97. The second-order valence-corrected chi connectivity index (χ2v) is 7.38. The van der Waals surface area contributed by atoms with Gasteiger partial charge in [0.05, 0.1) is 23.0 Å². The molecule has 0 aliphatic heterocycles. The van der Waals surface area contributed by atoms with Crippen LogP contribution < -0.4 is 5.32 Å². The second kappa shape index (κ2) is 9.84. The van der Waals surface area contributed by atoms with Crippen molar-refractivity contribution >= 4 is 17.7 Å². The van der Waals surface area contributed by atoms with Crippen LogP contribution in [0.15, 0.2) is 60.7 Å². The second-order valence-electron chi connectivity index (χ2n) is 7.38. The lowest BCUT2D eigenvalue weighted by molar-refractivity contribution is -0.128. The number of carbonyl (C=O) groups excluding carboxylic acids is 3. The molecule has 1 N–H and O–H groups in total. The highest BCUT2D eigenvalue weighted by atomic mass is 16.5. The highest BCUT2D eigenvalue weighted by Crippen LogP contribution is 2.13. The van der Waals surface area contributed by atoms with Crippen LogP contribution >= 0.6 is 0 Å². The molecule has 1 aromatic heterocycles. The summed E-state index contributed by atoms with van der Waals surface area (Å²) < 4.78 is 6.89. The largest absolute Gasteiger partial charge is 0.452 e. The fourth-order valence-electron chi connectivity index (χ4n) is 3.23. The predicted molar refractivity (Wildman–Crippen MR) is 116 cm³/mol. The van der Waals surface area contributed by atoms with E-state index in [1.807, 2.05) is 50.2 Å². The molecule has 31 heavy (non-hydrogen) atoms. The Hall–Kier alpha value is -3.74.